The van der Waals surface area contributed by atoms with E-state index in [2.05, 4.69) is 22.4 Å². The molecule has 0 unspecified atom stereocenters. The van der Waals surface area contributed by atoms with E-state index in [1.165, 1.54) is 0 Å². The highest BCUT2D eigenvalue weighted by atomic mass is 16.5. The average Bonchev–Trinajstić information content (AvgIpc) is 2.66. The SMILES string of the molecule is CCCCN(C)c1ccc(C(=O)NCCc2cccc(OC)c2)nn1. The second-order valence-corrected chi connectivity index (χ2v) is 5.91. The summed E-state index contributed by atoms with van der Waals surface area (Å²) in [4.78, 5) is 14.2. The van der Waals surface area contributed by atoms with Gasteiger partial charge in [0.15, 0.2) is 11.5 Å². The van der Waals surface area contributed by atoms with Crippen molar-refractivity contribution < 1.29 is 9.53 Å². The number of rotatable bonds is 9. The van der Waals surface area contributed by atoms with E-state index in [9.17, 15) is 4.79 Å². The quantitative estimate of drug-likeness (QED) is 0.759. The number of hydrogen-bond donors (Lipinski definition) is 1. The molecule has 1 heterocycles. The van der Waals surface area contributed by atoms with Gasteiger partial charge in [-0.05, 0) is 42.7 Å². The van der Waals surface area contributed by atoms with Gasteiger partial charge < -0.3 is 15.0 Å². The molecular weight excluding hydrogens is 316 g/mol. The molecule has 1 amide bonds. The molecule has 0 spiro atoms. The third-order valence-corrected chi connectivity index (χ3v) is 3.95. The van der Waals surface area contributed by atoms with Gasteiger partial charge in [0.2, 0.25) is 0 Å². The van der Waals surface area contributed by atoms with Gasteiger partial charge in [-0.3, -0.25) is 4.79 Å². The number of amides is 1. The van der Waals surface area contributed by atoms with Crippen molar-refractivity contribution in [2.75, 3.05) is 32.1 Å². The van der Waals surface area contributed by atoms with Gasteiger partial charge in [0.25, 0.3) is 5.91 Å². The van der Waals surface area contributed by atoms with Crippen LogP contribution >= 0.6 is 0 Å². The molecule has 2 aromatic rings. The van der Waals surface area contributed by atoms with Crippen LogP contribution in [0, 0.1) is 0 Å². The molecular formula is C19H26N4O2. The van der Waals surface area contributed by atoms with Gasteiger partial charge in [-0.15, -0.1) is 10.2 Å². The number of nitrogens with zero attached hydrogens (tertiary/aromatic N) is 3. The first-order valence-corrected chi connectivity index (χ1v) is 8.60. The highest BCUT2D eigenvalue weighted by molar-refractivity contribution is 5.92. The van der Waals surface area contributed by atoms with E-state index in [-0.39, 0.29) is 5.91 Å². The zero-order chi connectivity index (χ0) is 18.1. The number of nitrogens with one attached hydrogen (secondary N) is 1. The molecule has 2 rings (SSSR count). The van der Waals surface area contributed by atoms with Crippen molar-refractivity contribution in [3.8, 4) is 5.75 Å². The number of ether oxygens (including phenoxy) is 1. The van der Waals surface area contributed by atoms with Crippen molar-refractivity contribution in [3.63, 3.8) is 0 Å². The molecule has 0 atom stereocenters. The van der Waals surface area contributed by atoms with Crippen LogP contribution in [-0.2, 0) is 6.42 Å². The summed E-state index contributed by atoms with van der Waals surface area (Å²) in [5.41, 5.74) is 1.44. The van der Waals surface area contributed by atoms with Crippen LogP contribution in [0.2, 0.25) is 0 Å². The lowest BCUT2D eigenvalue weighted by Crippen LogP contribution is -2.27. The van der Waals surface area contributed by atoms with Gasteiger partial charge >= 0.3 is 0 Å². The summed E-state index contributed by atoms with van der Waals surface area (Å²) in [5.74, 6) is 1.39. The normalized spacial score (nSPS) is 10.4. The number of anilines is 1. The van der Waals surface area contributed by atoms with Gasteiger partial charge in [0, 0.05) is 20.1 Å². The second kappa shape index (κ2) is 9.61. The molecule has 0 aliphatic heterocycles. The molecule has 6 heteroatoms. The number of methoxy groups -OCH3 is 1. The minimum absolute atomic E-state index is 0.210. The van der Waals surface area contributed by atoms with E-state index >= 15 is 0 Å². The van der Waals surface area contributed by atoms with Gasteiger partial charge in [0.1, 0.15) is 5.75 Å². The van der Waals surface area contributed by atoms with Gasteiger partial charge in [0.05, 0.1) is 7.11 Å². The number of carbonyl (C=O) groups excluding carboxylic acids is 1. The third kappa shape index (κ3) is 5.74. The summed E-state index contributed by atoms with van der Waals surface area (Å²) in [6, 6.07) is 11.4. The first kappa shape index (κ1) is 18.7. The number of hydrogen-bond acceptors (Lipinski definition) is 5. The fraction of sp³-hybridized carbons (Fsp3) is 0.421. The Labute approximate surface area is 149 Å². The molecule has 134 valence electrons. The molecule has 6 nitrogen and oxygen atoms in total. The standard InChI is InChI=1S/C19H26N4O2/c1-4-5-13-23(2)18-10-9-17(21-22-18)19(24)20-12-11-15-7-6-8-16(14-15)25-3/h6-10,14H,4-5,11-13H2,1-3H3,(H,20,24). The van der Waals surface area contributed by atoms with Crippen molar-refractivity contribution in [2.24, 2.45) is 0 Å². The predicted molar refractivity (Wildman–Crippen MR) is 99.2 cm³/mol. The first-order valence-electron chi connectivity index (χ1n) is 8.60. The number of benzene rings is 1. The molecule has 0 bridgehead atoms. The zero-order valence-electron chi connectivity index (χ0n) is 15.2. The second-order valence-electron chi connectivity index (χ2n) is 5.91. The van der Waals surface area contributed by atoms with E-state index in [0.717, 1.165) is 42.9 Å². The summed E-state index contributed by atoms with van der Waals surface area (Å²) in [5, 5.41) is 11.0. The van der Waals surface area contributed by atoms with Crippen LogP contribution < -0.4 is 15.0 Å². The Bertz CT molecular complexity index is 673. The Hall–Kier alpha value is -2.63. The Morgan fingerprint density at radius 3 is 2.76 bits per heavy atom. The molecule has 1 aromatic carbocycles. The van der Waals surface area contributed by atoms with Crippen LogP contribution in [0.5, 0.6) is 5.75 Å². The van der Waals surface area contributed by atoms with Gasteiger partial charge in [-0.2, -0.15) is 0 Å². The molecule has 0 radical (unpaired) electrons. The summed E-state index contributed by atoms with van der Waals surface area (Å²) in [6.45, 7) is 3.61. The van der Waals surface area contributed by atoms with Crippen LogP contribution in [0.4, 0.5) is 5.82 Å². The Morgan fingerprint density at radius 1 is 1.24 bits per heavy atom. The van der Waals surface area contributed by atoms with Gasteiger partial charge in [-0.1, -0.05) is 25.5 Å². The Kier molecular flexibility index (Phi) is 7.19. The van der Waals surface area contributed by atoms with Crippen LogP contribution in [0.3, 0.4) is 0 Å². The average molecular weight is 342 g/mol. The highest BCUT2D eigenvalue weighted by Gasteiger charge is 2.09. The monoisotopic (exact) mass is 342 g/mol. The topological polar surface area (TPSA) is 67.4 Å². The number of aromatic nitrogens is 2. The lowest BCUT2D eigenvalue weighted by atomic mass is 10.1. The van der Waals surface area contributed by atoms with E-state index < -0.39 is 0 Å². The van der Waals surface area contributed by atoms with E-state index in [1.54, 1.807) is 13.2 Å². The van der Waals surface area contributed by atoms with Crippen LogP contribution in [-0.4, -0.2) is 43.4 Å². The molecule has 0 saturated heterocycles. The molecule has 1 N–H and O–H groups in total. The van der Waals surface area contributed by atoms with Crippen molar-refractivity contribution in [2.45, 2.75) is 26.2 Å². The van der Waals surface area contributed by atoms with Crippen molar-refractivity contribution >= 4 is 11.7 Å². The zero-order valence-corrected chi connectivity index (χ0v) is 15.2. The minimum Gasteiger partial charge on any atom is -0.497 e. The van der Waals surface area contributed by atoms with Crippen LogP contribution in [0.25, 0.3) is 0 Å². The highest BCUT2D eigenvalue weighted by Crippen LogP contribution is 2.12. The van der Waals surface area contributed by atoms with Crippen LogP contribution in [0.15, 0.2) is 36.4 Å². The summed E-state index contributed by atoms with van der Waals surface area (Å²) in [7, 11) is 3.62. The first-order chi connectivity index (χ1) is 12.1. The smallest absolute Gasteiger partial charge is 0.271 e. The molecule has 0 aliphatic carbocycles. The van der Waals surface area contributed by atoms with Crippen molar-refractivity contribution in [3.05, 3.63) is 47.7 Å². The molecule has 0 fully saturated rings. The minimum atomic E-state index is -0.210. The third-order valence-electron chi connectivity index (χ3n) is 3.95. The lowest BCUT2D eigenvalue weighted by molar-refractivity contribution is 0.0948. The molecule has 0 saturated carbocycles. The number of unbranched alkanes of at least 4 members (excludes halogenated alkanes) is 1. The van der Waals surface area contributed by atoms with E-state index in [1.807, 2.05) is 42.3 Å². The molecule has 1 aromatic heterocycles. The summed E-state index contributed by atoms with van der Waals surface area (Å²) in [6.07, 6.45) is 2.96. The fourth-order valence-electron chi connectivity index (χ4n) is 2.40. The van der Waals surface area contributed by atoms with E-state index in [0.29, 0.717) is 12.2 Å². The summed E-state index contributed by atoms with van der Waals surface area (Å²) >= 11 is 0. The van der Waals surface area contributed by atoms with Gasteiger partial charge in [-0.25, -0.2) is 0 Å². The Morgan fingerprint density at radius 2 is 2.08 bits per heavy atom. The maximum Gasteiger partial charge on any atom is 0.271 e. The fourth-order valence-corrected chi connectivity index (χ4v) is 2.40. The lowest BCUT2D eigenvalue weighted by Gasteiger charge is -2.16. The van der Waals surface area contributed by atoms with E-state index in [4.69, 9.17) is 4.74 Å². The maximum atomic E-state index is 12.2. The Balaban J connectivity index is 1.84. The van der Waals surface area contributed by atoms with Crippen molar-refractivity contribution in [1.29, 1.82) is 0 Å². The molecule has 25 heavy (non-hydrogen) atoms. The maximum absolute atomic E-state index is 12.2. The molecule has 0 aliphatic rings. The number of carbonyl (C=O) groups is 1. The van der Waals surface area contributed by atoms with Crippen molar-refractivity contribution in [1.82, 2.24) is 15.5 Å². The van der Waals surface area contributed by atoms with Crippen LogP contribution in [0.1, 0.15) is 35.8 Å². The predicted octanol–water partition coefficient (Wildman–Crippen LogP) is 2.69. The summed E-state index contributed by atoms with van der Waals surface area (Å²) < 4.78 is 5.20. The largest absolute Gasteiger partial charge is 0.497 e.